The third kappa shape index (κ3) is 4.42. The minimum absolute atomic E-state index is 0.0103. The Morgan fingerprint density at radius 2 is 2.04 bits per heavy atom. The van der Waals surface area contributed by atoms with E-state index < -0.39 is 0 Å². The molecule has 28 heavy (non-hydrogen) atoms. The van der Waals surface area contributed by atoms with Gasteiger partial charge in [0.05, 0.1) is 18.7 Å². The standard InChI is InChI=1S/C21H29N5O2/c22-18(11-15-5-2-1-3-6-15)21-23-19(12-16-8-9-16)24-26(21)13-20(28)25-10-4-7-17(25)14-27/h1-3,5-6,16-18,27H,4,7-14,22H2/t17-,18+/m0/s1. The SMILES string of the molecule is N[C@H](Cc1ccccc1)c1nc(CC2CC2)nn1CC(=O)N1CCC[C@H]1CO. The second-order valence-corrected chi connectivity index (χ2v) is 8.05. The molecule has 2 aliphatic rings. The maximum Gasteiger partial charge on any atom is 0.244 e. The van der Waals surface area contributed by atoms with E-state index >= 15 is 0 Å². The van der Waals surface area contributed by atoms with Crippen molar-refractivity contribution in [3.05, 3.63) is 47.5 Å². The van der Waals surface area contributed by atoms with Crippen molar-refractivity contribution in [2.75, 3.05) is 13.2 Å². The highest BCUT2D eigenvalue weighted by atomic mass is 16.3. The highest BCUT2D eigenvalue weighted by Crippen LogP contribution is 2.32. The summed E-state index contributed by atoms with van der Waals surface area (Å²) in [5.74, 6) is 2.11. The van der Waals surface area contributed by atoms with Crippen LogP contribution in [0.1, 0.15) is 48.9 Å². The van der Waals surface area contributed by atoms with Crippen molar-refractivity contribution in [3.8, 4) is 0 Å². The number of aromatic nitrogens is 3. The quantitative estimate of drug-likeness (QED) is 0.719. The van der Waals surface area contributed by atoms with E-state index in [1.165, 1.54) is 12.8 Å². The molecule has 1 aromatic heterocycles. The summed E-state index contributed by atoms with van der Waals surface area (Å²) in [6.45, 7) is 0.835. The number of rotatable bonds is 8. The molecule has 2 fully saturated rings. The Labute approximate surface area is 165 Å². The first-order valence-electron chi connectivity index (χ1n) is 10.3. The van der Waals surface area contributed by atoms with E-state index in [-0.39, 0.29) is 31.1 Å². The summed E-state index contributed by atoms with van der Waals surface area (Å²) in [4.78, 5) is 19.3. The molecule has 1 aliphatic heterocycles. The van der Waals surface area contributed by atoms with Gasteiger partial charge in [0.1, 0.15) is 12.4 Å². The fraction of sp³-hybridized carbons (Fsp3) is 0.571. The molecule has 2 aromatic rings. The van der Waals surface area contributed by atoms with Crippen LogP contribution in [0.5, 0.6) is 0 Å². The number of hydrogen-bond donors (Lipinski definition) is 2. The number of nitrogens with zero attached hydrogens (tertiary/aromatic N) is 4. The highest BCUT2D eigenvalue weighted by molar-refractivity contribution is 5.76. The van der Waals surface area contributed by atoms with Crippen LogP contribution in [0, 0.1) is 5.92 Å². The molecule has 7 nitrogen and oxygen atoms in total. The van der Waals surface area contributed by atoms with Crippen LogP contribution in [0.25, 0.3) is 0 Å². The molecule has 1 saturated carbocycles. The van der Waals surface area contributed by atoms with Gasteiger partial charge in [-0.2, -0.15) is 5.10 Å². The average Bonchev–Trinajstić information content (AvgIpc) is 3.22. The van der Waals surface area contributed by atoms with Crippen LogP contribution in [0.4, 0.5) is 0 Å². The van der Waals surface area contributed by atoms with Gasteiger partial charge in [-0.05, 0) is 43.6 Å². The molecular formula is C21H29N5O2. The van der Waals surface area contributed by atoms with Crippen LogP contribution in [0.2, 0.25) is 0 Å². The minimum atomic E-state index is -0.317. The normalized spacial score (nSPS) is 20.5. The largest absolute Gasteiger partial charge is 0.394 e. The van der Waals surface area contributed by atoms with Gasteiger partial charge in [-0.1, -0.05) is 30.3 Å². The number of hydrogen-bond acceptors (Lipinski definition) is 5. The third-order valence-corrected chi connectivity index (χ3v) is 5.74. The molecule has 1 aromatic carbocycles. The van der Waals surface area contributed by atoms with Crippen molar-refractivity contribution in [2.24, 2.45) is 11.7 Å². The predicted octanol–water partition coefficient (Wildman–Crippen LogP) is 1.46. The van der Waals surface area contributed by atoms with E-state index in [0.717, 1.165) is 30.7 Å². The second-order valence-electron chi connectivity index (χ2n) is 8.05. The van der Waals surface area contributed by atoms with Crippen molar-refractivity contribution in [2.45, 2.75) is 57.2 Å². The van der Waals surface area contributed by atoms with Gasteiger partial charge < -0.3 is 15.7 Å². The Hall–Kier alpha value is -2.25. The number of carbonyl (C=O) groups excluding carboxylic acids is 1. The van der Waals surface area contributed by atoms with Crippen LogP contribution in [-0.4, -0.2) is 49.9 Å². The van der Waals surface area contributed by atoms with Crippen molar-refractivity contribution >= 4 is 5.91 Å². The lowest BCUT2D eigenvalue weighted by molar-refractivity contribution is -0.133. The molecule has 1 amide bonds. The molecular weight excluding hydrogens is 354 g/mol. The summed E-state index contributed by atoms with van der Waals surface area (Å²) in [5.41, 5.74) is 7.62. The van der Waals surface area contributed by atoms with Gasteiger partial charge in [0, 0.05) is 13.0 Å². The monoisotopic (exact) mass is 383 g/mol. The first-order chi connectivity index (χ1) is 13.6. The van der Waals surface area contributed by atoms with Gasteiger partial charge in [-0.15, -0.1) is 0 Å². The highest BCUT2D eigenvalue weighted by Gasteiger charge is 2.30. The van der Waals surface area contributed by atoms with Crippen molar-refractivity contribution < 1.29 is 9.90 Å². The number of amides is 1. The van der Waals surface area contributed by atoms with Crippen LogP contribution in [0.3, 0.4) is 0 Å². The van der Waals surface area contributed by atoms with Gasteiger partial charge in [0.2, 0.25) is 5.91 Å². The number of aliphatic hydroxyl groups is 1. The molecule has 2 atom stereocenters. The lowest BCUT2D eigenvalue weighted by atomic mass is 10.1. The summed E-state index contributed by atoms with van der Waals surface area (Å²) in [5, 5.41) is 14.2. The Balaban J connectivity index is 1.52. The van der Waals surface area contributed by atoms with Crippen LogP contribution < -0.4 is 5.73 Å². The van der Waals surface area contributed by atoms with Gasteiger partial charge in [-0.25, -0.2) is 9.67 Å². The van der Waals surface area contributed by atoms with Crippen molar-refractivity contribution in [1.82, 2.24) is 19.7 Å². The predicted molar refractivity (Wildman–Crippen MR) is 105 cm³/mol. The molecule has 0 unspecified atom stereocenters. The average molecular weight is 383 g/mol. The molecule has 0 spiro atoms. The fourth-order valence-electron chi connectivity index (χ4n) is 3.99. The Morgan fingerprint density at radius 3 is 2.75 bits per heavy atom. The molecule has 7 heteroatoms. The minimum Gasteiger partial charge on any atom is -0.394 e. The molecule has 3 N–H and O–H groups in total. The van der Waals surface area contributed by atoms with E-state index in [9.17, 15) is 9.90 Å². The van der Waals surface area contributed by atoms with Crippen LogP contribution in [-0.2, 0) is 24.2 Å². The van der Waals surface area contributed by atoms with Crippen LogP contribution in [0.15, 0.2) is 30.3 Å². The smallest absolute Gasteiger partial charge is 0.244 e. The number of carbonyl (C=O) groups is 1. The van der Waals surface area contributed by atoms with E-state index in [4.69, 9.17) is 10.7 Å². The summed E-state index contributed by atoms with van der Waals surface area (Å²) >= 11 is 0. The summed E-state index contributed by atoms with van der Waals surface area (Å²) in [7, 11) is 0. The summed E-state index contributed by atoms with van der Waals surface area (Å²) < 4.78 is 1.69. The van der Waals surface area contributed by atoms with Gasteiger partial charge >= 0.3 is 0 Å². The summed E-state index contributed by atoms with van der Waals surface area (Å²) in [6.07, 6.45) is 5.75. The topological polar surface area (TPSA) is 97.3 Å². The van der Waals surface area contributed by atoms with Gasteiger partial charge in [0.15, 0.2) is 5.82 Å². The van der Waals surface area contributed by atoms with Crippen molar-refractivity contribution in [1.29, 1.82) is 0 Å². The Morgan fingerprint density at radius 1 is 1.25 bits per heavy atom. The molecule has 4 rings (SSSR count). The van der Waals surface area contributed by atoms with Crippen molar-refractivity contribution in [3.63, 3.8) is 0 Å². The summed E-state index contributed by atoms with van der Waals surface area (Å²) in [6, 6.07) is 9.68. The number of benzene rings is 1. The third-order valence-electron chi connectivity index (χ3n) is 5.74. The maximum atomic E-state index is 12.8. The lowest BCUT2D eigenvalue weighted by Gasteiger charge is -2.23. The maximum absolute atomic E-state index is 12.8. The van der Waals surface area contributed by atoms with E-state index in [0.29, 0.717) is 24.7 Å². The molecule has 0 radical (unpaired) electrons. The first kappa shape index (κ1) is 19.1. The Kier molecular flexibility index (Phi) is 5.73. The zero-order chi connectivity index (χ0) is 19.5. The fourth-order valence-corrected chi connectivity index (χ4v) is 3.99. The number of aliphatic hydroxyl groups excluding tert-OH is 1. The molecule has 0 bridgehead atoms. The van der Waals surface area contributed by atoms with E-state index in [2.05, 4.69) is 5.10 Å². The van der Waals surface area contributed by atoms with Gasteiger partial charge in [-0.3, -0.25) is 4.79 Å². The first-order valence-corrected chi connectivity index (χ1v) is 10.3. The molecule has 1 saturated heterocycles. The molecule has 1 aliphatic carbocycles. The second kappa shape index (κ2) is 8.41. The number of likely N-dealkylation sites (tertiary alicyclic amines) is 1. The molecule has 2 heterocycles. The van der Waals surface area contributed by atoms with E-state index in [1.807, 2.05) is 30.3 Å². The van der Waals surface area contributed by atoms with Gasteiger partial charge in [0.25, 0.3) is 0 Å². The lowest BCUT2D eigenvalue weighted by Crippen LogP contribution is -2.40. The van der Waals surface area contributed by atoms with E-state index in [1.54, 1.807) is 9.58 Å². The zero-order valence-electron chi connectivity index (χ0n) is 16.2. The molecule has 150 valence electrons. The number of nitrogens with two attached hydrogens (primary N) is 1. The zero-order valence-corrected chi connectivity index (χ0v) is 16.2. The van der Waals surface area contributed by atoms with Crippen LogP contribution >= 0.6 is 0 Å². The Bertz CT molecular complexity index is 802.